The van der Waals surface area contributed by atoms with Crippen molar-refractivity contribution in [2.75, 3.05) is 7.05 Å². The molecule has 3 aromatic rings. The van der Waals surface area contributed by atoms with Gasteiger partial charge in [0, 0.05) is 25.8 Å². The van der Waals surface area contributed by atoms with Gasteiger partial charge in [-0.3, -0.25) is 9.48 Å². The summed E-state index contributed by atoms with van der Waals surface area (Å²) >= 11 is 0. The quantitative estimate of drug-likeness (QED) is 0.667. The Morgan fingerprint density at radius 2 is 1.73 bits per heavy atom. The molecule has 26 heavy (non-hydrogen) atoms. The minimum atomic E-state index is -0.0788. The minimum absolute atomic E-state index is 0.0788. The predicted octanol–water partition coefficient (Wildman–Crippen LogP) is 4.28. The number of para-hydroxylation sites is 1. The van der Waals surface area contributed by atoms with Crippen molar-refractivity contribution in [3.05, 3.63) is 77.6 Å². The van der Waals surface area contributed by atoms with Crippen LogP contribution in [0.2, 0.25) is 0 Å². The number of rotatable bonds is 6. The Kier molecular flexibility index (Phi) is 5.37. The lowest BCUT2D eigenvalue weighted by molar-refractivity contribution is 0.0778. The summed E-state index contributed by atoms with van der Waals surface area (Å²) < 4.78 is 7.62. The van der Waals surface area contributed by atoms with Gasteiger partial charge < -0.3 is 9.64 Å². The van der Waals surface area contributed by atoms with E-state index in [1.165, 1.54) is 0 Å². The van der Waals surface area contributed by atoms with Gasteiger partial charge in [-0.05, 0) is 49.7 Å². The summed E-state index contributed by atoms with van der Waals surface area (Å²) in [7, 11) is 1.79. The predicted molar refractivity (Wildman–Crippen MR) is 101 cm³/mol. The van der Waals surface area contributed by atoms with Crippen LogP contribution in [0, 0.1) is 6.92 Å². The summed E-state index contributed by atoms with van der Waals surface area (Å²) in [4.78, 5) is 14.2. The van der Waals surface area contributed by atoms with Crippen molar-refractivity contribution < 1.29 is 9.53 Å². The summed E-state index contributed by atoms with van der Waals surface area (Å²) in [5, 5.41) is 4.36. The highest BCUT2D eigenvalue weighted by molar-refractivity contribution is 5.92. The summed E-state index contributed by atoms with van der Waals surface area (Å²) in [6.45, 7) is 5.24. The van der Waals surface area contributed by atoms with Crippen LogP contribution >= 0.6 is 0 Å². The van der Waals surface area contributed by atoms with Crippen LogP contribution in [0.15, 0.2) is 60.7 Å². The van der Waals surface area contributed by atoms with Gasteiger partial charge in [0.25, 0.3) is 5.91 Å². The molecule has 134 valence electrons. The normalized spacial score (nSPS) is 10.6. The lowest BCUT2D eigenvalue weighted by Crippen LogP contribution is -2.26. The van der Waals surface area contributed by atoms with Crippen LogP contribution in [0.4, 0.5) is 0 Å². The van der Waals surface area contributed by atoms with Crippen molar-refractivity contribution in [2.24, 2.45) is 0 Å². The molecule has 1 heterocycles. The fourth-order valence-corrected chi connectivity index (χ4v) is 2.76. The van der Waals surface area contributed by atoms with E-state index in [4.69, 9.17) is 4.74 Å². The third-order valence-corrected chi connectivity index (χ3v) is 4.17. The molecule has 0 aliphatic heterocycles. The van der Waals surface area contributed by atoms with Gasteiger partial charge in [-0.1, -0.05) is 30.3 Å². The zero-order valence-electron chi connectivity index (χ0n) is 15.3. The van der Waals surface area contributed by atoms with Crippen molar-refractivity contribution in [3.8, 4) is 11.5 Å². The average molecular weight is 349 g/mol. The molecule has 0 aliphatic rings. The van der Waals surface area contributed by atoms with Gasteiger partial charge in [0.05, 0.1) is 0 Å². The number of aryl methyl sites for hydroxylation is 2. The monoisotopic (exact) mass is 349 g/mol. The Bertz CT molecular complexity index is 870. The van der Waals surface area contributed by atoms with Crippen molar-refractivity contribution in [2.45, 2.75) is 26.9 Å². The van der Waals surface area contributed by atoms with Crippen molar-refractivity contribution in [3.63, 3.8) is 0 Å². The fourth-order valence-electron chi connectivity index (χ4n) is 2.76. The van der Waals surface area contributed by atoms with E-state index >= 15 is 0 Å². The third-order valence-electron chi connectivity index (χ3n) is 4.17. The van der Waals surface area contributed by atoms with Crippen LogP contribution in [0.1, 0.15) is 28.7 Å². The fraction of sp³-hybridized carbons (Fsp3) is 0.238. The van der Waals surface area contributed by atoms with E-state index in [2.05, 4.69) is 5.10 Å². The molecule has 5 heteroatoms. The Morgan fingerprint density at radius 3 is 2.35 bits per heavy atom. The molecule has 0 spiro atoms. The number of carbonyl (C=O) groups excluding carboxylic acids is 1. The van der Waals surface area contributed by atoms with Crippen molar-refractivity contribution in [1.29, 1.82) is 0 Å². The van der Waals surface area contributed by atoms with E-state index in [0.717, 1.165) is 29.3 Å². The molecular weight excluding hydrogens is 326 g/mol. The first-order valence-corrected chi connectivity index (χ1v) is 8.68. The maximum absolute atomic E-state index is 12.6. The molecular formula is C21H23N3O2. The van der Waals surface area contributed by atoms with E-state index in [1.54, 1.807) is 11.9 Å². The van der Waals surface area contributed by atoms with Crippen LogP contribution in [-0.4, -0.2) is 27.6 Å². The number of aromatic nitrogens is 2. The summed E-state index contributed by atoms with van der Waals surface area (Å²) in [6.07, 6.45) is 0. The van der Waals surface area contributed by atoms with Crippen LogP contribution in [0.3, 0.4) is 0 Å². The molecule has 3 rings (SSSR count). The molecule has 0 unspecified atom stereocenters. The highest BCUT2D eigenvalue weighted by Gasteiger charge is 2.16. The maximum atomic E-state index is 12.6. The number of hydrogen-bond acceptors (Lipinski definition) is 3. The third kappa shape index (κ3) is 4.11. The van der Waals surface area contributed by atoms with Gasteiger partial charge in [0.1, 0.15) is 11.5 Å². The second-order valence-corrected chi connectivity index (χ2v) is 6.21. The summed E-state index contributed by atoms with van der Waals surface area (Å²) in [6, 6.07) is 19.3. The summed E-state index contributed by atoms with van der Waals surface area (Å²) in [5.41, 5.74) is 2.51. The van der Waals surface area contributed by atoms with Gasteiger partial charge in [-0.2, -0.15) is 5.10 Å². The van der Waals surface area contributed by atoms with Gasteiger partial charge in [-0.25, -0.2) is 0 Å². The molecule has 0 atom stereocenters. The van der Waals surface area contributed by atoms with Gasteiger partial charge in [-0.15, -0.1) is 0 Å². The maximum Gasteiger partial charge on any atom is 0.274 e. The Hall–Kier alpha value is -3.08. The largest absolute Gasteiger partial charge is 0.457 e. The molecule has 0 aliphatic carbocycles. The first kappa shape index (κ1) is 17.7. The number of carbonyl (C=O) groups is 1. The number of benzene rings is 2. The van der Waals surface area contributed by atoms with E-state index < -0.39 is 0 Å². The molecule has 2 aromatic carbocycles. The number of hydrogen-bond donors (Lipinski definition) is 0. The van der Waals surface area contributed by atoms with Gasteiger partial charge >= 0.3 is 0 Å². The zero-order chi connectivity index (χ0) is 18.5. The highest BCUT2D eigenvalue weighted by Crippen LogP contribution is 2.21. The van der Waals surface area contributed by atoms with Gasteiger partial charge in [0.15, 0.2) is 5.69 Å². The number of amides is 1. The van der Waals surface area contributed by atoms with Crippen molar-refractivity contribution >= 4 is 5.91 Å². The SMILES string of the molecule is CCn1nc(C(=O)N(C)Cc2ccc(Oc3ccccc3)cc2)cc1C. The lowest BCUT2D eigenvalue weighted by Gasteiger charge is -2.16. The van der Waals surface area contributed by atoms with Crippen LogP contribution in [0.5, 0.6) is 11.5 Å². The van der Waals surface area contributed by atoms with E-state index in [1.807, 2.05) is 79.2 Å². The zero-order valence-corrected chi connectivity index (χ0v) is 15.3. The Balaban J connectivity index is 1.63. The molecule has 0 N–H and O–H groups in total. The first-order chi connectivity index (χ1) is 12.6. The Labute approximate surface area is 153 Å². The van der Waals surface area contributed by atoms with Crippen molar-refractivity contribution in [1.82, 2.24) is 14.7 Å². The second-order valence-electron chi connectivity index (χ2n) is 6.21. The van der Waals surface area contributed by atoms with E-state index in [-0.39, 0.29) is 5.91 Å². The molecule has 5 nitrogen and oxygen atoms in total. The van der Waals surface area contributed by atoms with E-state index in [0.29, 0.717) is 12.2 Å². The van der Waals surface area contributed by atoms with Gasteiger partial charge in [0.2, 0.25) is 0 Å². The molecule has 0 saturated carbocycles. The van der Waals surface area contributed by atoms with Crippen LogP contribution in [-0.2, 0) is 13.1 Å². The molecule has 0 saturated heterocycles. The second kappa shape index (κ2) is 7.87. The number of ether oxygens (including phenoxy) is 1. The average Bonchev–Trinajstić information content (AvgIpc) is 3.04. The lowest BCUT2D eigenvalue weighted by atomic mass is 10.2. The molecule has 0 radical (unpaired) electrons. The number of nitrogens with zero attached hydrogens (tertiary/aromatic N) is 3. The molecule has 1 amide bonds. The standard InChI is InChI=1S/C21H23N3O2/c1-4-24-16(2)14-20(22-24)21(25)23(3)15-17-10-12-19(13-11-17)26-18-8-6-5-7-9-18/h5-14H,4,15H2,1-3H3. The summed E-state index contributed by atoms with van der Waals surface area (Å²) in [5.74, 6) is 1.49. The topological polar surface area (TPSA) is 47.4 Å². The molecule has 0 bridgehead atoms. The molecule has 0 fully saturated rings. The smallest absolute Gasteiger partial charge is 0.274 e. The van der Waals surface area contributed by atoms with Crippen LogP contribution < -0.4 is 4.74 Å². The first-order valence-electron chi connectivity index (χ1n) is 8.68. The van der Waals surface area contributed by atoms with Crippen LogP contribution in [0.25, 0.3) is 0 Å². The molecule has 1 aromatic heterocycles. The Morgan fingerprint density at radius 1 is 1.08 bits per heavy atom. The van der Waals surface area contributed by atoms with E-state index in [9.17, 15) is 4.79 Å². The highest BCUT2D eigenvalue weighted by atomic mass is 16.5. The minimum Gasteiger partial charge on any atom is -0.457 e.